The second-order valence-electron chi connectivity index (χ2n) is 38.8. The minimum Gasteiger partial charge on any atom is -0.505 e. The number of nitrogens with zero attached hydrogens (tertiary/aromatic N) is 24. The molecule has 0 atom stereocenters. The molecule has 0 saturated carbocycles. The maximum absolute atomic E-state index is 13.1. The summed E-state index contributed by atoms with van der Waals surface area (Å²) in [4.78, 5) is -2.18. The molecule has 0 aliphatic carbocycles. The number of azo groups is 4. The van der Waals surface area contributed by atoms with Crippen molar-refractivity contribution in [3.63, 3.8) is 0 Å². The van der Waals surface area contributed by atoms with Crippen LogP contribution in [-0.4, -0.2) is 114 Å². The molecule has 0 amide bonds. The molecule has 12 aromatic rings. The minimum absolute atomic E-state index is 0. The monoisotopic (exact) mass is 2350 g/mol. The number of sulfonamides is 4. The topological polar surface area (TPSA) is 548 Å². The normalized spacial score (nSPS) is 12.7. The van der Waals surface area contributed by atoms with Crippen LogP contribution in [-0.2, 0) is 181 Å². The average molecular weight is 2350 g/mol. The molecule has 4 N–H and O–H groups in total. The molecule has 140 heavy (non-hydrogen) atoms. The van der Waals surface area contributed by atoms with Crippen molar-refractivity contribution in [2.75, 3.05) is 0 Å². The number of aromatic nitrogens is 12. The first kappa shape index (κ1) is 122. The van der Waals surface area contributed by atoms with Gasteiger partial charge in [0.1, 0.15) is 65.4 Å². The van der Waals surface area contributed by atoms with Crippen LogP contribution < -0.4 is 0 Å². The summed E-state index contributed by atoms with van der Waals surface area (Å²) in [5.41, 5.74) is -0.839. The Bertz CT molecular complexity index is 6330. The van der Waals surface area contributed by atoms with Gasteiger partial charge >= 0.3 is 0 Å². The van der Waals surface area contributed by atoms with Gasteiger partial charge in [0.05, 0.1) is 42.9 Å². The van der Waals surface area contributed by atoms with Crippen LogP contribution in [0.15, 0.2) is 151 Å². The second kappa shape index (κ2) is 45.5. The largest absolute Gasteiger partial charge is 0.505 e. The van der Waals surface area contributed by atoms with Gasteiger partial charge in [-0.2, -0.15) is 0 Å². The molecule has 0 fully saturated rings. The van der Waals surface area contributed by atoms with Crippen LogP contribution in [0, 0.1) is 0 Å². The summed E-state index contributed by atoms with van der Waals surface area (Å²) in [5.74, 6) is 0.290. The summed E-state index contributed by atoms with van der Waals surface area (Å²) >= 11 is 47.4. The summed E-state index contributed by atoms with van der Waals surface area (Å²) in [7, 11) is -11.7. The Kier molecular flexibility index (Phi) is 39.7. The summed E-state index contributed by atoms with van der Waals surface area (Å²) in [6.07, 6.45) is 0. The molecule has 1 radical (unpaired) electrons. The Balaban J connectivity index is 0.000000326. The second-order valence-corrected chi connectivity index (χ2v) is 48.4. The number of hydrogen-bond acceptors (Lipinski definition) is 32. The van der Waals surface area contributed by atoms with Crippen molar-refractivity contribution in [3.8, 4) is 23.0 Å². The maximum Gasteiger partial charge on any atom is 0.217 e. The number of phenolic OH excluding ortho intramolecular Hbond substituents is 4. The Hall–Kier alpha value is -8.38. The van der Waals surface area contributed by atoms with Crippen molar-refractivity contribution in [1.29, 1.82) is 0 Å². The Labute approximate surface area is 894 Å². The number of aromatic hydroxyl groups is 4. The first-order valence-electron chi connectivity index (χ1n) is 40.5. The van der Waals surface area contributed by atoms with E-state index in [1.165, 1.54) is 71.2 Å². The zero-order chi connectivity index (χ0) is 103. The Morgan fingerprint density at radius 1 is 0.286 bits per heavy atom. The number of aryl methyl sites for hydroxylation is 4. The zero-order valence-corrected chi connectivity index (χ0v) is 96.1. The number of rotatable bonds is 20. The van der Waals surface area contributed by atoms with Gasteiger partial charge in [0.25, 0.3) is 0 Å². The van der Waals surface area contributed by atoms with E-state index in [1.807, 2.05) is 166 Å². The molecule has 8 aromatic heterocycles. The van der Waals surface area contributed by atoms with E-state index in [1.54, 1.807) is 24.3 Å². The first-order chi connectivity index (χ1) is 62.0. The summed E-state index contributed by atoms with van der Waals surface area (Å²) in [5, 5.41) is 107. The SMILES string of the molecule is Cn1nc(C(C)(C)C)c(N=Nc2cc(C(C)(C)C)on2)c1[N-]S(=O)(=O)c1cc(Cl)cc(Cl)c1O.Cn1nc(C(C)(C)C)c(N=Nc2cc(C(C)(C)C)on2)c1[N-]S(=O)(=O)c1cc(Cl)cc(Cl)c1O.Cn1nc(C(C)(C)C)c(N=Nc2cc(C(C)(C)C)on2)c1[N-]S(=O)(=O)c1cc(Cl)cc(Cl)c1O.Cn1nc(C(C)(C)C)c(N=Nc2cc(C(C)(C)C)on2)c1[N-]S(=O)(=O)c1cc(Cl)cc(Cl)c1O.[Co].[Fe].[Ni].[Zn]. The smallest absolute Gasteiger partial charge is 0.217 e. The number of phenols is 4. The maximum atomic E-state index is 13.1. The van der Waals surface area contributed by atoms with Gasteiger partial charge in [0, 0.05) is 157 Å². The van der Waals surface area contributed by atoms with E-state index in [9.17, 15) is 54.1 Å². The van der Waals surface area contributed by atoms with Gasteiger partial charge in [-0.15, -0.1) is 40.9 Å². The third-order valence-corrected chi connectivity index (χ3v) is 25.8. The van der Waals surface area contributed by atoms with Crippen molar-refractivity contribution in [2.45, 2.75) is 229 Å². The molecule has 56 heteroatoms. The standard InChI is InChI=1S/4C21H25Cl2N6O4S.Co.Fe.Ni.Zn/c4*1-20(2,3)14-10-15(27-33-14)24-25-16-18(21(4,5)6)26-29(7)19(16)28-34(31,32)13-9-11(22)8-12(23)17(13)30;;;;/h4*8-10H,1-7H3,(H-,24,26,27,28,30);;;;/q4*-1;;;;. The van der Waals surface area contributed by atoms with Gasteiger partial charge in [0.2, 0.25) is 63.4 Å². The van der Waals surface area contributed by atoms with Crippen LogP contribution in [0.3, 0.4) is 0 Å². The molecule has 12 rings (SSSR count). The molecule has 8 heterocycles. The minimum atomic E-state index is -4.45. The van der Waals surface area contributed by atoms with Crippen LogP contribution in [0.2, 0.25) is 40.2 Å². The molecular weight excluding hydrogens is 2250 g/mol. The molecule has 0 unspecified atom stereocenters. The average Bonchev–Trinajstić information content (AvgIpc) is 1.67. The molecule has 0 aliphatic rings. The van der Waals surface area contributed by atoms with E-state index in [-0.39, 0.29) is 201 Å². The number of halogens is 8. The Morgan fingerprint density at radius 2 is 0.443 bits per heavy atom. The van der Waals surface area contributed by atoms with Crippen molar-refractivity contribution in [3.05, 3.63) is 178 Å². The molecule has 4 aromatic carbocycles. The number of benzene rings is 4. The third kappa shape index (κ3) is 29.9. The summed E-state index contributed by atoms with van der Waals surface area (Å²) in [6, 6.07) is 15.7. The van der Waals surface area contributed by atoms with Crippen molar-refractivity contribution >= 4 is 202 Å². The van der Waals surface area contributed by atoms with E-state index in [2.05, 4.69) is 101 Å². The van der Waals surface area contributed by atoms with Crippen molar-refractivity contribution in [1.82, 2.24) is 59.7 Å². The van der Waals surface area contributed by atoms with Crippen LogP contribution in [0.4, 0.5) is 69.3 Å². The summed E-state index contributed by atoms with van der Waals surface area (Å²) in [6.45, 7) is 46.3. The molecule has 0 spiro atoms. The van der Waals surface area contributed by atoms with Gasteiger partial charge in [-0.1, -0.05) is 280 Å². The van der Waals surface area contributed by atoms with E-state index in [0.29, 0.717) is 45.8 Å². The van der Waals surface area contributed by atoms with Crippen LogP contribution in [0.25, 0.3) is 18.9 Å². The van der Waals surface area contributed by atoms with Crippen LogP contribution in [0.5, 0.6) is 23.0 Å². The molecule has 0 saturated heterocycles. The molecular formula is C84H100Cl8CoFeN24NiO16S4Zn-4. The van der Waals surface area contributed by atoms with E-state index in [4.69, 9.17) is 111 Å². The van der Waals surface area contributed by atoms with E-state index in [0.717, 1.165) is 24.3 Å². The van der Waals surface area contributed by atoms with E-state index < -0.39 is 104 Å². The van der Waals surface area contributed by atoms with Crippen molar-refractivity contribution in [2.24, 2.45) is 69.1 Å². The predicted octanol–water partition coefficient (Wildman–Crippen LogP) is 27.3. The van der Waals surface area contributed by atoms with Crippen molar-refractivity contribution < 1.29 is 142 Å². The summed E-state index contributed by atoms with van der Waals surface area (Å²) < 4.78 is 147. The van der Waals surface area contributed by atoms with Gasteiger partial charge in [-0.25, -0.2) is 33.7 Å². The van der Waals surface area contributed by atoms with Crippen LogP contribution >= 0.6 is 92.8 Å². The zero-order valence-electron chi connectivity index (χ0n) is 80.7. The molecule has 40 nitrogen and oxygen atoms in total. The first-order valence-corrected chi connectivity index (χ1v) is 49.3. The fourth-order valence-electron chi connectivity index (χ4n) is 11.5. The predicted molar refractivity (Wildman–Crippen MR) is 518 cm³/mol. The quantitative estimate of drug-likeness (QED) is 0.0407. The molecule has 0 aliphatic heterocycles. The van der Waals surface area contributed by atoms with Gasteiger partial charge in [0.15, 0.2) is 23.0 Å². The number of hydrogen-bond donors (Lipinski definition) is 4. The molecule has 765 valence electrons. The van der Waals surface area contributed by atoms with Gasteiger partial charge < -0.3 is 76.1 Å². The Morgan fingerprint density at radius 3 is 0.579 bits per heavy atom. The van der Waals surface area contributed by atoms with Gasteiger partial charge in [-0.05, 0) is 100.0 Å². The van der Waals surface area contributed by atoms with Crippen LogP contribution in [0.1, 0.15) is 212 Å². The third-order valence-electron chi connectivity index (χ3n) is 18.7. The molecule has 0 bridgehead atoms. The fraction of sp³-hybridized carbons (Fsp3) is 0.429. The van der Waals surface area contributed by atoms with E-state index >= 15 is 0 Å². The van der Waals surface area contributed by atoms with Gasteiger partial charge in [-0.3, -0.25) is 20.4 Å². The fourth-order valence-corrected chi connectivity index (χ4v) is 18.6.